The summed E-state index contributed by atoms with van der Waals surface area (Å²) in [5.41, 5.74) is 1.51. The highest BCUT2D eigenvalue weighted by Gasteiger charge is 2.12. The van der Waals surface area contributed by atoms with Gasteiger partial charge in [-0.1, -0.05) is 29.3 Å². The van der Waals surface area contributed by atoms with Gasteiger partial charge in [-0.25, -0.2) is 0 Å². The van der Waals surface area contributed by atoms with Crippen molar-refractivity contribution in [1.29, 1.82) is 0 Å². The van der Waals surface area contributed by atoms with Gasteiger partial charge in [0, 0.05) is 36.0 Å². The van der Waals surface area contributed by atoms with Crippen molar-refractivity contribution >= 4 is 35.2 Å². The van der Waals surface area contributed by atoms with Crippen molar-refractivity contribution in [2.45, 2.75) is 6.54 Å². The van der Waals surface area contributed by atoms with E-state index in [1.165, 1.54) is 6.08 Å². The number of pyridine rings is 1. The van der Waals surface area contributed by atoms with Crippen LogP contribution in [-0.2, 0) is 16.1 Å². The standard InChI is InChI=1S/C18H18Cl2N2O2/c1-24-11-10-22(13-16-4-2-3-9-21-16)18(23)8-5-14-12-15(19)6-7-17(14)20/h2-9,12H,10-11,13H2,1H3/b8-5+. The summed E-state index contributed by atoms with van der Waals surface area (Å²) in [4.78, 5) is 18.4. The van der Waals surface area contributed by atoms with Crippen LogP contribution in [0.15, 0.2) is 48.7 Å². The van der Waals surface area contributed by atoms with E-state index in [1.54, 1.807) is 42.5 Å². The second kappa shape index (κ2) is 9.42. The van der Waals surface area contributed by atoms with E-state index in [2.05, 4.69) is 4.98 Å². The molecule has 0 unspecified atom stereocenters. The molecule has 0 saturated carbocycles. The van der Waals surface area contributed by atoms with Crippen molar-refractivity contribution in [3.63, 3.8) is 0 Å². The Bertz CT molecular complexity index is 705. The normalized spacial score (nSPS) is 11.0. The highest BCUT2D eigenvalue weighted by molar-refractivity contribution is 6.34. The summed E-state index contributed by atoms with van der Waals surface area (Å²) in [6.07, 6.45) is 4.85. The van der Waals surface area contributed by atoms with E-state index < -0.39 is 0 Å². The van der Waals surface area contributed by atoms with E-state index in [0.29, 0.717) is 35.3 Å². The fourth-order valence-electron chi connectivity index (χ4n) is 2.06. The quantitative estimate of drug-likeness (QED) is 0.695. The predicted octanol–water partition coefficient (Wildman–Crippen LogP) is 4.08. The number of benzene rings is 1. The molecule has 24 heavy (non-hydrogen) atoms. The smallest absolute Gasteiger partial charge is 0.247 e. The van der Waals surface area contributed by atoms with Gasteiger partial charge in [0.1, 0.15) is 0 Å². The Balaban J connectivity index is 2.11. The minimum atomic E-state index is -0.145. The highest BCUT2D eigenvalue weighted by Crippen LogP contribution is 2.21. The molecular weight excluding hydrogens is 347 g/mol. The maximum absolute atomic E-state index is 12.5. The average molecular weight is 365 g/mol. The fourth-order valence-corrected chi connectivity index (χ4v) is 2.43. The van der Waals surface area contributed by atoms with Gasteiger partial charge >= 0.3 is 0 Å². The molecule has 2 aromatic rings. The van der Waals surface area contributed by atoms with Gasteiger partial charge in [-0.05, 0) is 42.0 Å². The molecule has 1 aromatic carbocycles. The summed E-state index contributed by atoms with van der Waals surface area (Å²) in [6, 6.07) is 10.7. The maximum Gasteiger partial charge on any atom is 0.247 e. The van der Waals surface area contributed by atoms with Crippen LogP contribution < -0.4 is 0 Å². The Hall–Kier alpha value is -1.88. The number of amides is 1. The van der Waals surface area contributed by atoms with Crippen molar-refractivity contribution < 1.29 is 9.53 Å². The molecule has 1 heterocycles. The first-order valence-electron chi connectivity index (χ1n) is 7.41. The van der Waals surface area contributed by atoms with Crippen molar-refractivity contribution in [3.05, 3.63) is 70.0 Å². The van der Waals surface area contributed by atoms with Crippen molar-refractivity contribution in [2.24, 2.45) is 0 Å². The zero-order valence-corrected chi connectivity index (χ0v) is 14.8. The molecule has 1 aromatic heterocycles. The molecule has 0 fully saturated rings. The van der Waals surface area contributed by atoms with E-state index in [-0.39, 0.29) is 5.91 Å². The molecule has 0 spiro atoms. The summed E-state index contributed by atoms with van der Waals surface area (Å²) in [7, 11) is 1.60. The summed E-state index contributed by atoms with van der Waals surface area (Å²) in [5.74, 6) is -0.145. The van der Waals surface area contributed by atoms with Crippen LogP contribution in [0.4, 0.5) is 0 Å². The SMILES string of the molecule is COCCN(Cc1ccccn1)C(=O)/C=C/c1cc(Cl)ccc1Cl. The average Bonchev–Trinajstić information content (AvgIpc) is 2.60. The molecule has 1 amide bonds. The number of halogens is 2. The maximum atomic E-state index is 12.5. The number of hydrogen-bond donors (Lipinski definition) is 0. The van der Waals surface area contributed by atoms with Crippen molar-refractivity contribution in [3.8, 4) is 0 Å². The first-order chi connectivity index (χ1) is 11.6. The van der Waals surface area contributed by atoms with Crippen LogP contribution in [0.2, 0.25) is 10.0 Å². The molecule has 0 bridgehead atoms. The predicted molar refractivity (Wildman–Crippen MR) is 97.0 cm³/mol. The Kier molecular flexibility index (Phi) is 7.25. The molecule has 0 radical (unpaired) electrons. The number of nitrogens with zero attached hydrogens (tertiary/aromatic N) is 2. The van der Waals surface area contributed by atoms with Crippen LogP contribution in [0, 0.1) is 0 Å². The Morgan fingerprint density at radius 1 is 1.29 bits per heavy atom. The first-order valence-corrected chi connectivity index (χ1v) is 8.16. The Labute approximate surface area is 151 Å². The first kappa shape index (κ1) is 18.5. The van der Waals surface area contributed by atoms with E-state index in [9.17, 15) is 4.79 Å². The number of aromatic nitrogens is 1. The number of hydrogen-bond acceptors (Lipinski definition) is 3. The van der Waals surface area contributed by atoms with Gasteiger partial charge in [-0.2, -0.15) is 0 Å². The van der Waals surface area contributed by atoms with Crippen LogP contribution in [0.25, 0.3) is 6.08 Å². The van der Waals surface area contributed by atoms with Gasteiger partial charge in [0.2, 0.25) is 5.91 Å². The molecule has 6 heteroatoms. The number of carbonyl (C=O) groups excluding carboxylic acids is 1. The monoisotopic (exact) mass is 364 g/mol. The van der Waals surface area contributed by atoms with Gasteiger partial charge in [-0.15, -0.1) is 0 Å². The van der Waals surface area contributed by atoms with Gasteiger partial charge in [-0.3, -0.25) is 9.78 Å². The molecule has 0 aliphatic rings. The highest BCUT2D eigenvalue weighted by atomic mass is 35.5. The third-order valence-corrected chi connectivity index (χ3v) is 3.90. The number of carbonyl (C=O) groups is 1. The van der Waals surface area contributed by atoms with Gasteiger partial charge in [0.05, 0.1) is 18.8 Å². The lowest BCUT2D eigenvalue weighted by Crippen LogP contribution is -2.32. The lowest BCUT2D eigenvalue weighted by Gasteiger charge is -2.20. The minimum absolute atomic E-state index is 0.145. The van der Waals surface area contributed by atoms with Crippen molar-refractivity contribution in [1.82, 2.24) is 9.88 Å². The molecule has 0 saturated heterocycles. The second-order valence-corrected chi connectivity index (χ2v) is 5.92. The minimum Gasteiger partial charge on any atom is -0.383 e. The van der Waals surface area contributed by atoms with Gasteiger partial charge in [0.15, 0.2) is 0 Å². The number of ether oxygens (including phenoxy) is 1. The van der Waals surface area contributed by atoms with E-state index in [1.807, 2.05) is 18.2 Å². The van der Waals surface area contributed by atoms with Crippen molar-refractivity contribution in [2.75, 3.05) is 20.3 Å². The third-order valence-electron chi connectivity index (χ3n) is 3.32. The molecule has 0 atom stereocenters. The molecule has 0 aliphatic carbocycles. The second-order valence-electron chi connectivity index (χ2n) is 5.07. The summed E-state index contributed by atoms with van der Waals surface area (Å²) in [5, 5.41) is 1.10. The summed E-state index contributed by atoms with van der Waals surface area (Å²) in [6.45, 7) is 1.33. The molecule has 126 valence electrons. The van der Waals surface area contributed by atoms with Gasteiger partial charge in [0.25, 0.3) is 0 Å². The summed E-state index contributed by atoms with van der Waals surface area (Å²) >= 11 is 12.1. The van der Waals surface area contributed by atoms with Crippen LogP contribution in [0.5, 0.6) is 0 Å². The van der Waals surface area contributed by atoms with Crippen LogP contribution in [-0.4, -0.2) is 36.1 Å². The van der Waals surface area contributed by atoms with Crippen LogP contribution >= 0.6 is 23.2 Å². The summed E-state index contributed by atoms with van der Waals surface area (Å²) < 4.78 is 5.08. The lowest BCUT2D eigenvalue weighted by molar-refractivity contribution is -0.127. The van der Waals surface area contributed by atoms with E-state index in [0.717, 1.165) is 5.69 Å². The zero-order valence-electron chi connectivity index (χ0n) is 13.3. The lowest BCUT2D eigenvalue weighted by atomic mass is 10.2. The number of methoxy groups -OCH3 is 1. The molecule has 2 rings (SSSR count). The molecule has 4 nitrogen and oxygen atoms in total. The largest absolute Gasteiger partial charge is 0.383 e. The molecular formula is C18H18Cl2N2O2. The topological polar surface area (TPSA) is 42.4 Å². The third kappa shape index (κ3) is 5.64. The fraction of sp³-hybridized carbons (Fsp3) is 0.222. The Morgan fingerprint density at radius 2 is 2.12 bits per heavy atom. The Morgan fingerprint density at radius 3 is 2.83 bits per heavy atom. The van der Waals surface area contributed by atoms with E-state index >= 15 is 0 Å². The van der Waals surface area contributed by atoms with Crippen LogP contribution in [0.3, 0.4) is 0 Å². The zero-order chi connectivity index (χ0) is 17.4. The molecule has 0 N–H and O–H groups in total. The molecule has 0 aliphatic heterocycles. The number of rotatable bonds is 7. The van der Waals surface area contributed by atoms with E-state index in [4.69, 9.17) is 27.9 Å². The van der Waals surface area contributed by atoms with Crippen LogP contribution in [0.1, 0.15) is 11.3 Å². The van der Waals surface area contributed by atoms with Gasteiger partial charge < -0.3 is 9.64 Å².